The van der Waals surface area contributed by atoms with Gasteiger partial charge >= 0.3 is 0 Å². The molecule has 0 saturated carbocycles. The van der Waals surface area contributed by atoms with E-state index in [4.69, 9.17) is 4.74 Å². The van der Waals surface area contributed by atoms with Gasteiger partial charge < -0.3 is 4.74 Å². The summed E-state index contributed by atoms with van der Waals surface area (Å²) in [5.41, 5.74) is 0.994. The van der Waals surface area contributed by atoms with Gasteiger partial charge in [-0.05, 0) is 41.1 Å². The lowest BCUT2D eigenvalue weighted by Crippen LogP contribution is -2.28. The molecule has 0 saturated heterocycles. The molecule has 0 fully saturated rings. The summed E-state index contributed by atoms with van der Waals surface area (Å²) in [6.45, 7) is 0.108. The van der Waals surface area contributed by atoms with Gasteiger partial charge in [-0.1, -0.05) is 42.5 Å². The summed E-state index contributed by atoms with van der Waals surface area (Å²) in [5.74, 6) is 0.229. The molecule has 2 heterocycles. The summed E-state index contributed by atoms with van der Waals surface area (Å²) < 4.78 is 48.4. The van der Waals surface area contributed by atoms with Crippen molar-refractivity contribution in [2.75, 3.05) is 13.2 Å². The van der Waals surface area contributed by atoms with E-state index in [-0.39, 0.29) is 23.9 Å². The molecule has 0 aliphatic rings. The van der Waals surface area contributed by atoms with E-state index in [2.05, 4.69) is 20.0 Å². The van der Waals surface area contributed by atoms with Gasteiger partial charge in [-0.2, -0.15) is 4.52 Å². The summed E-state index contributed by atoms with van der Waals surface area (Å²) in [6.07, 6.45) is 0. The standard InChI is InChI=1S/C23H18FN5O3S/c24-19-7-3-6-18(14-19)23-27-26-21-10-11-22(28-29(21)23)32-13-12-25-33(30,31)20-9-8-16-4-1-2-5-17(16)15-20/h1-11,14-15,25H,12-13H2. The zero-order chi connectivity index (χ0) is 22.8. The third-order valence-electron chi connectivity index (χ3n) is 5.00. The van der Waals surface area contributed by atoms with Crippen LogP contribution in [0.25, 0.3) is 27.8 Å². The molecule has 2 aromatic heterocycles. The fourth-order valence-corrected chi connectivity index (χ4v) is 4.45. The molecule has 1 N–H and O–H groups in total. The van der Waals surface area contributed by atoms with Crippen molar-refractivity contribution in [3.63, 3.8) is 0 Å². The van der Waals surface area contributed by atoms with Crippen LogP contribution in [-0.2, 0) is 10.0 Å². The van der Waals surface area contributed by atoms with E-state index in [0.717, 1.165) is 10.8 Å². The van der Waals surface area contributed by atoms with Crippen molar-refractivity contribution in [1.29, 1.82) is 0 Å². The summed E-state index contributed by atoms with van der Waals surface area (Å²) in [4.78, 5) is 0.185. The second kappa shape index (κ2) is 8.57. The summed E-state index contributed by atoms with van der Waals surface area (Å²) in [5, 5.41) is 14.2. The van der Waals surface area contributed by atoms with Gasteiger partial charge in [0.05, 0.1) is 4.90 Å². The average molecular weight is 463 g/mol. The number of aromatic nitrogens is 4. The highest BCUT2D eigenvalue weighted by Gasteiger charge is 2.15. The number of benzene rings is 3. The minimum absolute atomic E-state index is 0.0494. The highest BCUT2D eigenvalue weighted by atomic mass is 32.2. The molecule has 0 amide bonds. The number of hydrogen-bond donors (Lipinski definition) is 1. The van der Waals surface area contributed by atoms with Gasteiger partial charge in [0.15, 0.2) is 11.5 Å². The van der Waals surface area contributed by atoms with E-state index in [1.165, 1.54) is 16.6 Å². The maximum absolute atomic E-state index is 13.6. The number of halogens is 1. The average Bonchev–Trinajstić information content (AvgIpc) is 3.25. The monoisotopic (exact) mass is 463 g/mol. The molecule has 0 unspecified atom stereocenters. The number of nitrogens with zero attached hydrogens (tertiary/aromatic N) is 4. The van der Waals surface area contributed by atoms with Gasteiger partial charge in [0.25, 0.3) is 0 Å². The Balaban J connectivity index is 1.26. The number of ether oxygens (including phenoxy) is 1. The van der Waals surface area contributed by atoms with Gasteiger partial charge in [-0.3, -0.25) is 0 Å². The van der Waals surface area contributed by atoms with Crippen molar-refractivity contribution >= 4 is 26.4 Å². The van der Waals surface area contributed by atoms with Crippen molar-refractivity contribution in [2.45, 2.75) is 4.90 Å². The lowest BCUT2D eigenvalue weighted by molar-refractivity contribution is 0.306. The summed E-state index contributed by atoms with van der Waals surface area (Å²) in [7, 11) is -3.69. The summed E-state index contributed by atoms with van der Waals surface area (Å²) in [6, 6.07) is 21.8. The second-order valence-corrected chi connectivity index (χ2v) is 9.00. The smallest absolute Gasteiger partial charge is 0.240 e. The Hall–Kier alpha value is -3.89. The summed E-state index contributed by atoms with van der Waals surface area (Å²) >= 11 is 0. The van der Waals surface area contributed by atoms with Crippen LogP contribution < -0.4 is 9.46 Å². The largest absolute Gasteiger partial charge is 0.475 e. The van der Waals surface area contributed by atoms with Gasteiger partial charge in [0.1, 0.15) is 12.4 Å². The van der Waals surface area contributed by atoms with E-state index >= 15 is 0 Å². The zero-order valence-electron chi connectivity index (χ0n) is 17.2. The minimum Gasteiger partial charge on any atom is -0.475 e. The number of fused-ring (bicyclic) bond motifs is 2. The number of hydrogen-bond acceptors (Lipinski definition) is 6. The van der Waals surface area contributed by atoms with Gasteiger partial charge in [-0.25, -0.2) is 17.5 Å². The fraction of sp³-hybridized carbons (Fsp3) is 0.0870. The molecule has 8 nitrogen and oxygen atoms in total. The Bertz CT molecular complexity index is 1570. The SMILES string of the molecule is O=S(=O)(NCCOc1ccc2nnc(-c3cccc(F)c3)n2n1)c1ccc2ccccc2c1. The molecule has 0 radical (unpaired) electrons. The van der Waals surface area contributed by atoms with Crippen LogP contribution in [0.15, 0.2) is 83.8 Å². The maximum atomic E-state index is 13.6. The van der Waals surface area contributed by atoms with Crippen molar-refractivity contribution in [2.24, 2.45) is 0 Å². The van der Waals surface area contributed by atoms with Crippen LogP contribution in [0.2, 0.25) is 0 Å². The predicted molar refractivity (Wildman–Crippen MR) is 121 cm³/mol. The van der Waals surface area contributed by atoms with Crippen LogP contribution >= 0.6 is 0 Å². The Kier molecular flexibility index (Phi) is 5.45. The quantitative estimate of drug-likeness (QED) is 0.371. The first kappa shape index (κ1) is 21.0. The number of rotatable bonds is 7. The lowest BCUT2D eigenvalue weighted by Gasteiger charge is -2.09. The minimum atomic E-state index is -3.69. The first-order valence-electron chi connectivity index (χ1n) is 10.1. The number of sulfonamides is 1. The molecule has 0 atom stereocenters. The van der Waals surface area contributed by atoms with E-state index in [1.807, 2.05) is 24.3 Å². The van der Waals surface area contributed by atoms with Crippen molar-refractivity contribution in [3.8, 4) is 17.3 Å². The van der Waals surface area contributed by atoms with E-state index in [9.17, 15) is 12.8 Å². The fourth-order valence-electron chi connectivity index (χ4n) is 3.41. The Morgan fingerprint density at radius 1 is 0.909 bits per heavy atom. The molecular weight excluding hydrogens is 445 g/mol. The van der Waals surface area contributed by atoms with Crippen molar-refractivity contribution in [1.82, 2.24) is 24.5 Å². The zero-order valence-corrected chi connectivity index (χ0v) is 18.0. The first-order valence-corrected chi connectivity index (χ1v) is 11.6. The van der Waals surface area contributed by atoms with E-state index in [1.54, 1.807) is 42.5 Å². The predicted octanol–water partition coefficient (Wildman–Crippen LogP) is 3.44. The third-order valence-corrected chi connectivity index (χ3v) is 6.46. The molecule has 0 bridgehead atoms. The molecule has 0 aliphatic heterocycles. The Labute approximate surface area is 188 Å². The molecule has 33 heavy (non-hydrogen) atoms. The molecule has 5 rings (SSSR count). The van der Waals surface area contributed by atoms with Crippen LogP contribution in [0, 0.1) is 5.82 Å². The molecule has 0 aliphatic carbocycles. The molecular formula is C23H18FN5O3S. The van der Waals surface area contributed by atoms with Crippen LogP contribution in [0.5, 0.6) is 5.88 Å². The van der Waals surface area contributed by atoms with Crippen molar-refractivity contribution in [3.05, 3.63) is 84.7 Å². The highest BCUT2D eigenvalue weighted by Crippen LogP contribution is 2.20. The van der Waals surface area contributed by atoms with Crippen LogP contribution in [0.3, 0.4) is 0 Å². The molecule has 10 heteroatoms. The van der Waals surface area contributed by atoms with Crippen LogP contribution in [-0.4, -0.2) is 41.4 Å². The topological polar surface area (TPSA) is 98.5 Å². The van der Waals surface area contributed by atoms with Gasteiger partial charge in [0.2, 0.25) is 15.9 Å². The molecule has 5 aromatic rings. The normalized spacial score (nSPS) is 11.8. The molecule has 166 valence electrons. The van der Waals surface area contributed by atoms with E-state index < -0.39 is 15.8 Å². The Morgan fingerprint density at radius 3 is 2.61 bits per heavy atom. The first-order chi connectivity index (χ1) is 16.0. The Morgan fingerprint density at radius 2 is 1.76 bits per heavy atom. The third kappa shape index (κ3) is 4.38. The lowest BCUT2D eigenvalue weighted by atomic mass is 10.1. The number of nitrogens with one attached hydrogen (secondary N) is 1. The highest BCUT2D eigenvalue weighted by molar-refractivity contribution is 7.89. The maximum Gasteiger partial charge on any atom is 0.240 e. The molecule has 0 spiro atoms. The van der Waals surface area contributed by atoms with Crippen LogP contribution in [0.4, 0.5) is 4.39 Å². The van der Waals surface area contributed by atoms with Gasteiger partial charge in [-0.15, -0.1) is 15.3 Å². The van der Waals surface area contributed by atoms with Gasteiger partial charge in [0, 0.05) is 18.2 Å². The van der Waals surface area contributed by atoms with E-state index in [0.29, 0.717) is 17.0 Å². The second-order valence-electron chi connectivity index (χ2n) is 7.23. The van der Waals surface area contributed by atoms with Crippen LogP contribution in [0.1, 0.15) is 0 Å². The molecule has 3 aromatic carbocycles. The van der Waals surface area contributed by atoms with Crippen molar-refractivity contribution < 1.29 is 17.5 Å².